The van der Waals surface area contributed by atoms with E-state index in [1.54, 1.807) is 14.0 Å². The zero-order valence-electron chi connectivity index (χ0n) is 19.2. The number of nitrogens with one attached hydrogen (secondary N) is 1. The molecule has 1 aromatic carbocycles. The molecule has 0 spiro atoms. The fourth-order valence-corrected chi connectivity index (χ4v) is 4.79. The number of benzene rings is 1. The largest absolute Gasteiger partial charge is 0.401 e. The van der Waals surface area contributed by atoms with E-state index in [0.717, 1.165) is 45.1 Å². The molecule has 0 aliphatic carbocycles. The second-order valence-electron chi connectivity index (χ2n) is 8.72. The molecule has 1 aromatic rings. The molecule has 182 valence electrons. The van der Waals surface area contributed by atoms with Crippen LogP contribution in [0.1, 0.15) is 31.7 Å². The summed E-state index contributed by atoms with van der Waals surface area (Å²) in [6.45, 7) is 6.38. The lowest BCUT2D eigenvalue weighted by atomic mass is 10.1. The van der Waals surface area contributed by atoms with Gasteiger partial charge in [0.15, 0.2) is 5.96 Å². The first-order valence-corrected chi connectivity index (χ1v) is 11.4. The van der Waals surface area contributed by atoms with E-state index in [2.05, 4.69) is 44.4 Å². The van der Waals surface area contributed by atoms with Gasteiger partial charge in [0.1, 0.15) is 0 Å². The van der Waals surface area contributed by atoms with Crippen molar-refractivity contribution in [2.45, 2.75) is 44.9 Å². The molecule has 32 heavy (non-hydrogen) atoms. The first kappa shape index (κ1) is 27.2. The number of hydrogen-bond donors (Lipinski definition) is 1. The van der Waals surface area contributed by atoms with Crippen molar-refractivity contribution >= 4 is 29.9 Å². The molecule has 1 N–H and O–H groups in total. The highest BCUT2D eigenvalue weighted by Gasteiger charge is 2.33. The monoisotopic (exact) mass is 567 g/mol. The Morgan fingerprint density at radius 2 is 1.94 bits per heavy atom. The summed E-state index contributed by atoms with van der Waals surface area (Å²) in [6.07, 6.45) is -0.866. The summed E-state index contributed by atoms with van der Waals surface area (Å²) in [5, 5.41) is 3.54. The molecular weight excluding hydrogens is 530 g/mol. The summed E-state index contributed by atoms with van der Waals surface area (Å²) in [5.41, 5.74) is 1.33. The Hall–Kier alpha value is -1.07. The van der Waals surface area contributed by atoms with Crippen LogP contribution in [0.2, 0.25) is 0 Å². The van der Waals surface area contributed by atoms with Gasteiger partial charge in [0.25, 0.3) is 0 Å². The smallest absolute Gasteiger partial charge is 0.355 e. The average molecular weight is 567 g/mol. The van der Waals surface area contributed by atoms with Gasteiger partial charge in [-0.05, 0) is 43.8 Å². The van der Waals surface area contributed by atoms with Crippen LogP contribution in [0.15, 0.2) is 35.3 Å². The third-order valence-electron chi connectivity index (χ3n) is 6.39. The Morgan fingerprint density at radius 1 is 1.19 bits per heavy atom. The molecule has 2 atom stereocenters. The van der Waals surface area contributed by atoms with Gasteiger partial charge in [0.05, 0.1) is 6.54 Å². The van der Waals surface area contributed by atoms with Crippen LogP contribution < -0.4 is 5.32 Å². The number of halogens is 4. The van der Waals surface area contributed by atoms with Crippen LogP contribution >= 0.6 is 24.0 Å². The molecule has 0 saturated carbocycles. The minimum absolute atomic E-state index is 0. The number of guanidine groups is 1. The van der Waals surface area contributed by atoms with Gasteiger partial charge in [-0.15, -0.1) is 24.0 Å². The molecule has 9 heteroatoms. The number of alkyl halides is 3. The fraction of sp³-hybridized carbons (Fsp3) is 0.696. The summed E-state index contributed by atoms with van der Waals surface area (Å²) in [5.74, 6) is 1.11. The molecule has 2 aliphatic heterocycles. The molecule has 0 amide bonds. The summed E-state index contributed by atoms with van der Waals surface area (Å²) < 4.78 is 38.3. The lowest BCUT2D eigenvalue weighted by Crippen LogP contribution is -2.46. The summed E-state index contributed by atoms with van der Waals surface area (Å²) in [7, 11) is 1.79. The Labute approximate surface area is 207 Å². The topological polar surface area (TPSA) is 34.1 Å². The zero-order chi connectivity index (χ0) is 22.3. The van der Waals surface area contributed by atoms with E-state index in [1.165, 1.54) is 23.3 Å². The van der Waals surface area contributed by atoms with E-state index in [-0.39, 0.29) is 29.9 Å². The highest BCUT2D eigenvalue weighted by molar-refractivity contribution is 14.0. The van der Waals surface area contributed by atoms with Gasteiger partial charge in [-0.3, -0.25) is 14.8 Å². The van der Waals surface area contributed by atoms with Gasteiger partial charge in [-0.1, -0.05) is 37.3 Å². The van der Waals surface area contributed by atoms with Crippen LogP contribution in [0.25, 0.3) is 0 Å². The van der Waals surface area contributed by atoms with Crippen LogP contribution in [0, 0.1) is 5.92 Å². The highest BCUT2D eigenvalue weighted by atomic mass is 127. The molecule has 0 aromatic heterocycles. The number of nitrogens with zero attached hydrogens (tertiary/aromatic N) is 4. The van der Waals surface area contributed by atoms with Crippen molar-refractivity contribution in [2.75, 3.05) is 52.9 Å². The minimum atomic E-state index is -4.14. The second-order valence-corrected chi connectivity index (χ2v) is 8.72. The Kier molecular flexibility index (Phi) is 11.0. The van der Waals surface area contributed by atoms with Crippen molar-refractivity contribution < 1.29 is 13.2 Å². The van der Waals surface area contributed by atoms with E-state index in [9.17, 15) is 13.2 Å². The van der Waals surface area contributed by atoms with Gasteiger partial charge in [0.2, 0.25) is 0 Å². The van der Waals surface area contributed by atoms with Crippen LogP contribution in [0.3, 0.4) is 0 Å². The van der Waals surface area contributed by atoms with Gasteiger partial charge in [-0.25, -0.2) is 0 Å². The number of aliphatic imine (C=N–C) groups is 1. The lowest BCUT2D eigenvalue weighted by molar-refractivity contribution is -0.146. The third-order valence-corrected chi connectivity index (χ3v) is 6.39. The zero-order valence-corrected chi connectivity index (χ0v) is 21.5. The molecular formula is C23H37F3IN5. The SMILES string of the molecule is CCN(CC1CCN(C(=NC)NCC2CCCN2Cc2ccccc2)C1)CC(F)(F)F.I. The predicted octanol–water partition coefficient (Wildman–Crippen LogP) is 4.05. The number of rotatable bonds is 8. The normalized spacial score (nSPS) is 22.4. The fourth-order valence-electron chi connectivity index (χ4n) is 4.79. The average Bonchev–Trinajstić information content (AvgIpc) is 3.37. The molecule has 2 unspecified atom stereocenters. The lowest BCUT2D eigenvalue weighted by Gasteiger charge is -2.28. The maximum atomic E-state index is 12.8. The molecule has 2 aliphatic rings. The van der Waals surface area contributed by atoms with E-state index in [1.807, 2.05) is 6.07 Å². The molecule has 0 radical (unpaired) electrons. The Morgan fingerprint density at radius 3 is 2.59 bits per heavy atom. The number of likely N-dealkylation sites (tertiary alicyclic amines) is 2. The van der Waals surface area contributed by atoms with Gasteiger partial charge in [-0.2, -0.15) is 13.2 Å². The van der Waals surface area contributed by atoms with E-state index < -0.39 is 12.7 Å². The summed E-state index contributed by atoms with van der Waals surface area (Å²) in [4.78, 5) is 10.7. The molecule has 2 saturated heterocycles. The molecule has 2 heterocycles. The molecule has 5 nitrogen and oxygen atoms in total. The van der Waals surface area contributed by atoms with Crippen LogP contribution in [-0.2, 0) is 6.54 Å². The Balaban J connectivity index is 0.00000363. The van der Waals surface area contributed by atoms with Crippen LogP contribution in [0.4, 0.5) is 13.2 Å². The third kappa shape index (κ3) is 8.37. The van der Waals surface area contributed by atoms with Crippen LogP contribution in [-0.4, -0.2) is 85.7 Å². The molecule has 2 fully saturated rings. The van der Waals surface area contributed by atoms with E-state index >= 15 is 0 Å². The van der Waals surface area contributed by atoms with Gasteiger partial charge < -0.3 is 10.2 Å². The Bertz CT molecular complexity index is 701. The highest BCUT2D eigenvalue weighted by Crippen LogP contribution is 2.22. The van der Waals surface area contributed by atoms with Crippen LogP contribution in [0.5, 0.6) is 0 Å². The quantitative estimate of drug-likeness (QED) is 0.292. The molecule has 0 bridgehead atoms. The first-order chi connectivity index (χ1) is 14.9. The maximum absolute atomic E-state index is 12.8. The molecule has 3 rings (SSSR count). The summed E-state index contributed by atoms with van der Waals surface area (Å²) >= 11 is 0. The summed E-state index contributed by atoms with van der Waals surface area (Å²) in [6, 6.07) is 11.0. The first-order valence-electron chi connectivity index (χ1n) is 11.4. The van der Waals surface area contributed by atoms with Gasteiger partial charge in [0, 0.05) is 45.8 Å². The second kappa shape index (κ2) is 13.0. The maximum Gasteiger partial charge on any atom is 0.401 e. The van der Waals surface area contributed by atoms with Crippen molar-refractivity contribution in [3.63, 3.8) is 0 Å². The van der Waals surface area contributed by atoms with Crippen molar-refractivity contribution in [3.8, 4) is 0 Å². The van der Waals surface area contributed by atoms with Crippen molar-refractivity contribution in [1.82, 2.24) is 20.0 Å². The van der Waals surface area contributed by atoms with Crippen molar-refractivity contribution in [2.24, 2.45) is 10.9 Å². The van der Waals surface area contributed by atoms with E-state index in [4.69, 9.17) is 0 Å². The van der Waals surface area contributed by atoms with Gasteiger partial charge >= 0.3 is 6.18 Å². The van der Waals surface area contributed by atoms with Crippen molar-refractivity contribution in [3.05, 3.63) is 35.9 Å². The minimum Gasteiger partial charge on any atom is -0.355 e. The van der Waals surface area contributed by atoms with Crippen molar-refractivity contribution in [1.29, 1.82) is 0 Å². The van der Waals surface area contributed by atoms with E-state index in [0.29, 0.717) is 19.1 Å². The standard InChI is InChI=1S/C23H36F3N5.HI/c1-3-29(18-23(24,25)26)15-20-11-13-31(17-20)22(27-2)28-14-21-10-7-12-30(21)16-19-8-5-4-6-9-19;/h4-6,8-9,20-21H,3,7,10-18H2,1-2H3,(H,27,28);1H. The predicted molar refractivity (Wildman–Crippen MR) is 134 cm³/mol. The number of hydrogen-bond acceptors (Lipinski definition) is 3.